The molecule has 3 rings (SSSR count). The molecule has 1 amide bonds. The van der Waals surface area contributed by atoms with Gasteiger partial charge in [0.15, 0.2) is 0 Å². The Morgan fingerprint density at radius 3 is 2.41 bits per heavy atom. The monoisotopic (exact) mass is 417 g/mol. The van der Waals surface area contributed by atoms with E-state index in [2.05, 4.69) is 36.1 Å². The van der Waals surface area contributed by atoms with Crippen molar-refractivity contribution < 1.29 is 18.0 Å². The minimum absolute atomic E-state index is 0.0331. The summed E-state index contributed by atoms with van der Waals surface area (Å²) in [6, 6.07) is 14.5. The molecule has 1 aliphatic heterocycles. The third kappa shape index (κ3) is 5.02. The average molecular weight is 418 g/mol. The smallest absolute Gasteiger partial charge is 0.264 e. The molecule has 2 aromatic rings. The fraction of sp³-hybridized carbons (Fsp3) is 0.381. The highest BCUT2D eigenvalue weighted by molar-refractivity contribution is 7.89. The summed E-state index contributed by atoms with van der Waals surface area (Å²) >= 11 is 0. The van der Waals surface area contributed by atoms with Gasteiger partial charge in [-0.15, -0.1) is 0 Å². The molecule has 29 heavy (non-hydrogen) atoms. The Bertz CT molecular complexity index is 969. The summed E-state index contributed by atoms with van der Waals surface area (Å²) in [5.41, 5.74) is 2.87. The Balaban J connectivity index is 1.64. The number of nitrogens with zero attached hydrogens (tertiary/aromatic N) is 3. The van der Waals surface area contributed by atoms with Crippen LogP contribution in [-0.4, -0.2) is 68.9 Å². The van der Waals surface area contributed by atoms with Crippen LogP contribution in [0.15, 0.2) is 53.4 Å². The number of carbonyl (C=O) groups excluding carboxylic acids is 1. The van der Waals surface area contributed by atoms with Crippen LogP contribution in [0.1, 0.15) is 21.5 Å². The second-order valence-electron chi connectivity index (χ2n) is 7.18. The van der Waals surface area contributed by atoms with E-state index in [4.69, 9.17) is 4.84 Å². The molecule has 0 atom stereocenters. The predicted molar refractivity (Wildman–Crippen MR) is 111 cm³/mol. The maximum absolute atomic E-state index is 12.9. The summed E-state index contributed by atoms with van der Waals surface area (Å²) in [4.78, 5) is 21.8. The van der Waals surface area contributed by atoms with E-state index in [0.29, 0.717) is 18.7 Å². The Kier molecular flexibility index (Phi) is 6.69. The van der Waals surface area contributed by atoms with Crippen molar-refractivity contribution in [1.82, 2.24) is 14.3 Å². The van der Waals surface area contributed by atoms with Crippen molar-refractivity contribution in [3.63, 3.8) is 0 Å². The first-order chi connectivity index (χ1) is 13.8. The molecule has 8 heteroatoms. The lowest BCUT2D eigenvalue weighted by molar-refractivity contribution is -0.0258. The number of amides is 1. The molecule has 0 aliphatic carbocycles. The van der Waals surface area contributed by atoms with E-state index in [9.17, 15) is 13.2 Å². The molecular weight excluding hydrogens is 390 g/mol. The lowest BCUT2D eigenvalue weighted by atomic mass is 10.1. The molecular formula is C21H27N3O4S. The second kappa shape index (κ2) is 9.04. The number of benzene rings is 2. The van der Waals surface area contributed by atoms with Crippen molar-refractivity contribution in [3.05, 3.63) is 65.2 Å². The van der Waals surface area contributed by atoms with Gasteiger partial charge in [-0.25, -0.2) is 8.42 Å². The first-order valence-electron chi connectivity index (χ1n) is 9.51. The maximum Gasteiger partial charge on any atom is 0.264 e. The number of piperazine rings is 1. The zero-order chi connectivity index (χ0) is 21.0. The summed E-state index contributed by atoms with van der Waals surface area (Å²) < 4.78 is 25.6. The Morgan fingerprint density at radius 2 is 1.76 bits per heavy atom. The molecule has 0 radical (unpaired) electrons. The van der Waals surface area contributed by atoms with Crippen LogP contribution in [0, 0.1) is 6.92 Å². The topological polar surface area (TPSA) is 70.2 Å². The van der Waals surface area contributed by atoms with Crippen molar-refractivity contribution in [3.8, 4) is 0 Å². The number of hydrogen-bond donors (Lipinski definition) is 0. The quantitative estimate of drug-likeness (QED) is 0.674. The van der Waals surface area contributed by atoms with E-state index in [1.165, 1.54) is 37.4 Å². The van der Waals surface area contributed by atoms with Gasteiger partial charge in [0.05, 0.1) is 12.0 Å². The van der Waals surface area contributed by atoms with Gasteiger partial charge in [-0.2, -0.15) is 0 Å². The van der Waals surface area contributed by atoms with Gasteiger partial charge >= 0.3 is 0 Å². The minimum atomic E-state index is -3.79. The molecule has 0 N–H and O–H groups in total. The van der Waals surface area contributed by atoms with Crippen LogP contribution in [0.5, 0.6) is 0 Å². The second-order valence-corrected chi connectivity index (χ2v) is 9.12. The molecule has 1 saturated heterocycles. The summed E-state index contributed by atoms with van der Waals surface area (Å²) in [5, 5.41) is 0. The normalized spacial score (nSPS) is 15.7. The van der Waals surface area contributed by atoms with E-state index >= 15 is 0 Å². The van der Waals surface area contributed by atoms with E-state index in [1.54, 1.807) is 17.0 Å². The fourth-order valence-corrected chi connectivity index (χ4v) is 4.42. The van der Waals surface area contributed by atoms with Crippen LogP contribution in [0.3, 0.4) is 0 Å². The number of carbonyl (C=O) groups is 1. The number of sulfonamides is 1. The van der Waals surface area contributed by atoms with Crippen LogP contribution in [-0.2, 0) is 21.4 Å². The zero-order valence-electron chi connectivity index (χ0n) is 17.0. The predicted octanol–water partition coefficient (Wildman–Crippen LogP) is 2.13. The SMILES string of the molecule is CON(C)S(=O)(=O)c1cccc(C(=O)N2CCN(Cc3cccc(C)c3)CC2)c1. The van der Waals surface area contributed by atoms with Gasteiger partial charge in [0.25, 0.3) is 15.9 Å². The van der Waals surface area contributed by atoms with Gasteiger partial charge in [-0.3, -0.25) is 14.5 Å². The summed E-state index contributed by atoms with van der Waals surface area (Å²) in [5.74, 6) is -0.155. The third-order valence-electron chi connectivity index (χ3n) is 5.12. The summed E-state index contributed by atoms with van der Waals surface area (Å²) in [6.45, 7) is 5.73. The highest BCUT2D eigenvalue weighted by Crippen LogP contribution is 2.18. The van der Waals surface area contributed by atoms with E-state index in [0.717, 1.165) is 24.1 Å². The first-order valence-corrected chi connectivity index (χ1v) is 11.0. The van der Waals surface area contributed by atoms with E-state index in [1.807, 2.05) is 0 Å². The number of aryl methyl sites for hydroxylation is 1. The molecule has 156 valence electrons. The molecule has 0 saturated carbocycles. The maximum atomic E-state index is 12.9. The Hall–Kier alpha value is -2.26. The number of hydroxylamine groups is 1. The Labute approximate surface area is 172 Å². The van der Waals surface area contributed by atoms with Crippen LogP contribution in [0.25, 0.3) is 0 Å². The van der Waals surface area contributed by atoms with Crippen molar-refractivity contribution in [2.45, 2.75) is 18.4 Å². The zero-order valence-corrected chi connectivity index (χ0v) is 17.9. The van der Waals surface area contributed by atoms with Gasteiger partial charge in [0, 0.05) is 45.3 Å². The molecule has 1 heterocycles. The van der Waals surface area contributed by atoms with Crippen molar-refractivity contribution in [2.24, 2.45) is 0 Å². The lowest BCUT2D eigenvalue weighted by Gasteiger charge is -2.35. The molecule has 0 aromatic heterocycles. The molecule has 0 unspecified atom stereocenters. The standard InChI is InChI=1S/C21H27N3O4S/c1-17-6-4-7-18(14-17)16-23-10-12-24(13-11-23)21(25)19-8-5-9-20(15-19)29(26,27)22(2)28-3/h4-9,14-15H,10-13,16H2,1-3H3. The lowest BCUT2D eigenvalue weighted by Crippen LogP contribution is -2.48. The molecule has 0 spiro atoms. The van der Waals surface area contributed by atoms with Crippen molar-refractivity contribution >= 4 is 15.9 Å². The summed E-state index contributed by atoms with van der Waals surface area (Å²) in [6.07, 6.45) is 0. The van der Waals surface area contributed by atoms with Crippen LogP contribution < -0.4 is 0 Å². The fourth-order valence-electron chi connectivity index (χ4n) is 3.40. The van der Waals surface area contributed by atoms with Crippen molar-refractivity contribution in [1.29, 1.82) is 0 Å². The number of rotatable bonds is 6. The van der Waals surface area contributed by atoms with Gasteiger partial charge in [0.1, 0.15) is 0 Å². The summed E-state index contributed by atoms with van der Waals surface area (Å²) in [7, 11) is -1.19. The average Bonchev–Trinajstić information content (AvgIpc) is 2.73. The van der Waals surface area contributed by atoms with Crippen LogP contribution >= 0.6 is 0 Å². The minimum Gasteiger partial charge on any atom is -0.336 e. The first kappa shape index (κ1) is 21.4. The third-order valence-corrected chi connectivity index (χ3v) is 6.80. The molecule has 2 aromatic carbocycles. The van der Waals surface area contributed by atoms with Crippen molar-refractivity contribution in [2.75, 3.05) is 40.3 Å². The molecule has 0 bridgehead atoms. The molecule has 1 aliphatic rings. The highest BCUT2D eigenvalue weighted by Gasteiger charge is 2.25. The van der Waals surface area contributed by atoms with Gasteiger partial charge in [-0.05, 0) is 30.7 Å². The van der Waals surface area contributed by atoms with Crippen LogP contribution in [0.4, 0.5) is 0 Å². The molecule has 1 fully saturated rings. The van der Waals surface area contributed by atoms with E-state index in [-0.39, 0.29) is 10.8 Å². The number of hydrogen-bond acceptors (Lipinski definition) is 5. The van der Waals surface area contributed by atoms with Gasteiger partial charge < -0.3 is 4.90 Å². The van der Waals surface area contributed by atoms with Gasteiger partial charge in [0.2, 0.25) is 0 Å². The van der Waals surface area contributed by atoms with E-state index < -0.39 is 10.0 Å². The highest BCUT2D eigenvalue weighted by atomic mass is 32.2. The molecule has 7 nitrogen and oxygen atoms in total. The van der Waals surface area contributed by atoms with Crippen LogP contribution in [0.2, 0.25) is 0 Å². The Morgan fingerprint density at radius 1 is 1.07 bits per heavy atom. The largest absolute Gasteiger partial charge is 0.336 e. The van der Waals surface area contributed by atoms with Gasteiger partial charge in [-0.1, -0.05) is 40.4 Å².